The molecule has 0 saturated carbocycles. The lowest BCUT2D eigenvalue weighted by molar-refractivity contribution is 0.473. The second kappa shape index (κ2) is 7.42. The van der Waals surface area contributed by atoms with E-state index in [4.69, 9.17) is 16.0 Å². The summed E-state index contributed by atoms with van der Waals surface area (Å²) in [4.78, 5) is 11.8. The Bertz CT molecular complexity index is 1160. The van der Waals surface area contributed by atoms with Crippen molar-refractivity contribution >= 4 is 34.3 Å². The third-order valence-electron chi connectivity index (χ3n) is 3.93. The highest BCUT2D eigenvalue weighted by Crippen LogP contribution is 2.32. The smallest absolute Gasteiger partial charge is 0.336 e. The average Bonchev–Trinajstić information content (AvgIpc) is 3.09. The van der Waals surface area contributed by atoms with Crippen LogP contribution >= 0.6 is 23.4 Å². The van der Waals surface area contributed by atoms with Crippen LogP contribution in [0.1, 0.15) is 11.1 Å². The van der Waals surface area contributed by atoms with Crippen LogP contribution in [0, 0.1) is 0 Å². The number of fused-ring (bicyclic) bond motifs is 1. The van der Waals surface area contributed by atoms with E-state index in [1.165, 1.54) is 23.9 Å². The number of rotatable bonds is 5. The van der Waals surface area contributed by atoms with Gasteiger partial charge in [0.15, 0.2) is 0 Å². The Kier molecular flexibility index (Phi) is 4.83. The van der Waals surface area contributed by atoms with Gasteiger partial charge >= 0.3 is 5.63 Å². The minimum absolute atomic E-state index is 0.135. The standard InChI is InChI=1S/C18H13ClN4O3S/c19-14-7-13-12(6-17(25)26-16(13)8-15(14)24)10-27-18-20-21-22-23(18)9-11-4-2-1-3-5-11/h1-8,24H,9-10H2. The molecule has 0 saturated heterocycles. The van der Waals surface area contributed by atoms with Crippen molar-refractivity contribution in [3.8, 4) is 5.75 Å². The second-order valence-electron chi connectivity index (χ2n) is 5.78. The second-order valence-corrected chi connectivity index (χ2v) is 7.13. The van der Waals surface area contributed by atoms with Gasteiger partial charge in [0.1, 0.15) is 11.3 Å². The number of aromatic nitrogens is 4. The van der Waals surface area contributed by atoms with Gasteiger partial charge in [0.25, 0.3) is 0 Å². The van der Waals surface area contributed by atoms with E-state index in [0.717, 1.165) is 11.1 Å². The van der Waals surface area contributed by atoms with E-state index in [-0.39, 0.29) is 16.4 Å². The number of nitrogens with zero attached hydrogens (tertiary/aromatic N) is 4. The van der Waals surface area contributed by atoms with Gasteiger partial charge in [-0.3, -0.25) is 0 Å². The van der Waals surface area contributed by atoms with Gasteiger partial charge in [-0.05, 0) is 27.6 Å². The molecule has 2 heterocycles. The zero-order chi connectivity index (χ0) is 18.8. The maximum atomic E-state index is 11.8. The number of aromatic hydroxyl groups is 1. The Labute approximate surface area is 162 Å². The molecule has 0 bridgehead atoms. The Morgan fingerprint density at radius 2 is 2.00 bits per heavy atom. The zero-order valence-electron chi connectivity index (χ0n) is 13.9. The number of tetrazole rings is 1. The minimum Gasteiger partial charge on any atom is -0.506 e. The van der Waals surface area contributed by atoms with Crippen LogP contribution in [0.25, 0.3) is 11.0 Å². The van der Waals surface area contributed by atoms with Crippen LogP contribution in [0.4, 0.5) is 0 Å². The van der Waals surface area contributed by atoms with Crippen molar-refractivity contribution < 1.29 is 9.52 Å². The van der Waals surface area contributed by atoms with E-state index >= 15 is 0 Å². The van der Waals surface area contributed by atoms with Gasteiger partial charge < -0.3 is 9.52 Å². The van der Waals surface area contributed by atoms with Gasteiger partial charge in [-0.25, -0.2) is 9.48 Å². The number of benzene rings is 2. The van der Waals surface area contributed by atoms with Crippen molar-refractivity contribution in [2.24, 2.45) is 0 Å². The summed E-state index contributed by atoms with van der Waals surface area (Å²) in [6.07, 6.45) is 0. The lowest BCUT2D eigenvalue weighted by Gasteiger charge is -2.07. The van der Waals surface area contributed by atoms with Crippen molar-refractivity contribution in [1.82, 2.24) is 20.2 Å². The van der Waals surface area contributed by atoms with Crippen LogP contribution in [0.2, 0.25) is 5.02 Å². The summed E-state index contributed by atoms with van der Waals surface area (Å²) in [6, 6.07) is 14.2. The molecule has 0 aliphatic heterocycles. The molecule has 1 N–H and O–H groups in total. The monoisotopic (exact) mass is 400 g/mol. The molecule has 0 fully saturated rings. The Hall–Kier alpha value is -2.84. The molecule has 0 aliphatic rings. The predicted octanol–water partition coefficient (Wildman–Crippen LogP) is 3.48. The molecular formula is C18H13ClN4O3S. The van der Waals surface area contributed by atoms with Gasteiger partial charge in [-0.1, -0.05) is 53.7 Å². The molecule has 0 unspecified atom stereocenters. The largest absolute Gasteiger partial charge is 0.506 e. The van der Waals surface area contributed by atoms with Gasteiger partial charge in [0.05, 0.1) is 11.6 Å². The van der Waals surface area contributed by atoms with E-state index in [1.54, 1.807) is 10.7 Å². The molecule has 2 aromatic carbocycles. The quantitative estimate of drug-likeness (QED) is 0.405. The molecule has 0 radical (unpaired) electrons. The molecule has 4 aromatic rings. The number of hydrogen-bond acceptors (Lipinski definition) is 7. The van der Waals surface area contributed by atoms with E-state index in [1.807, 2.05) is 30.3 Å². The van der Waals surface area contributed by atoms with Crippen LogP contribution < -0.4 is 5.63 Å². The lowest BCUT2D eigenvalue weighted by atomic mass is 10.1. The third-order valence-corrected chi connectivity index (χ3v) is 5.24. The first kappa shape index (κ1) is 17.6. The molecular weight excluding hydrogens is 388 g/mol. The van der Waals surface area contributed by atoms with Gasteiger partial charge in [-0.15, -0.1) is 5.10 Å². The molecule has 4 rings (SSSR count). The summed E-state index contributed by atoms with van der Waals surface area (Å²) >= 11 is 7.40. The Balaban J connectivity index is 1.61. The number of thioether (sulfide) groups is 1. The summed E-state index contributed by atoms with van der Waals surface area (Å²) in [6.45, 7) is 0.549. The Morgan fingerprint density at radius 3 is 2.81 bits per heavy atom. The number of hydrogen-bond donors (Lipinski definition) is 1. The maximum Gasteiger partial charge on any atom is 0.336 e. The van der Waals surface area contributed by atoms with Crippen molar-refractivity contribution in [2.45, 2.75) is 17.5 Å². The molecule has 27 heavy (non-hydrogen) atoms. The number of phenols is 1. The molecule has 0 amide bonds. The molecule has 9 heteroatoms. The molecule has 2 aromatic heterocycles. The highest BCUT2D eigenvalue weighted by molar-refractivity contribution is 7.98. The number of phenolic OH excluding ortho intramolecular Hbond substituents is 1. The van der Waals surface area contributed by atoms with E-state index in [0.29, 0.717) is 22.8 Å². The van der Waals surface area contributed by atoms with Crippen molar-refractivity contribution in [3.05, 3.63) is 75.1 Å². The number of halogens is 1. The summed E-state index contributed by atoms with van der Waals surface area (Å²) in [5.41, 5.74) is 1.59. The van der Waals surface area contributed by atoms with E-state index in [2.05, 4.69) is 15.5 Å². The van der Waals surface area contributed by atoms with Crippen LogP contribution in [0.15, 0.2) is 62.9 Å². The van der Waals surface area contributed by atoms with Crippen molar-refractivity contribution in [2.75, 3.05) is 0 Å². The lowest BCUT2D eigenvalue weighted by Crippen LogP contribution is -2.04. The summed E-state index contributed by atoms with van der Waals surface area (Å²) in [5.74, 6) is 0.308. The Morgan fingerprint density at radius 1 is 1.19 bits per heavy atom. The fourth-order valence-electron chi connectivity index (χ4n) is 2.65. The summed E-state index contributed by atoms with van der Waals surface area (Å²) in [7, 11) is 0. The summed E-state index contributed by atoms with van der Waals surface area (Å²) < 4.78 is 6.85. The van der Waals surface area contributed by atoms with Gasteiger partial charge in [-0.2, -0.15) is 0 Å². The first-order valence-electron chi connectivity index (χ1n) is 7.98. The summed E-state index contributed by atoms with van der Waals surface area (Å²) in [5, 5.41) is 23.0. The molecule has 0 aliphatic carbocycles. The van der Waals surface area contributed by atoms with Gasteiger partial charge in [0, 0.05) is 23.3 Å². The molecule has 136 valence electrons. The maximum absolute atomic E-state index is 11.8. The van der Waals surface area contributed by atoms with Crippen LogP contribution in [0.3, 0.4) is 0 Å². The third kappa shape index (κ3) is 3.81. The minimum atomic E-state index is -0.497. The first-order valence-corrected chi connectivity index (χ1v) is 9.34. The van der Waals surface area contributed by atoms with Gasteiger partial charge in [0.2, 0.25) is 5.16 Å². The highest BCUT2D eigenvalue weighted by Gasteiger charge is 2.13. The van der Waals surface area contributed by atoms with Crippen LogP contribution in [0.5, 0.6) is 5.75 Å². The van der Waals surface area contributed by atoms with Crippen molar-refractivity contribution in [1.29, 1.82) is 0 Å². The molecule has 0 spiro atoms. The fraction of sp³-hybridized carbons (Fsp3) is 0.111. The molecule has 7 nitrogen and oxygen atoms in total. The van der Waals surface area contributed by atoms with E-state index in [9.17, 15) is 9.90 Å². The molecule has 0 atom stereocenters. The zero-order valence-corrected chi connectivity index (χ0v) is 15.4. The van der Waals surface area contributed by atoms with Crippen LogP contribution in [-0.2, 0) is 12.3 Å². The fourth-order valence-corrected chi connectivity index (χ4v) is 3.68. The van der Waals surface area contributed by atoms with Crippen LogP contribution in [-0.4, -0.2) is 25.3 Å². The van der Waals surface area contributed by atoms with E-state index < -0.39 is 5.63 Å². The SMILES string of the molecule is O=c1cc(CSc2nnnn2Cc2ccccc2)c2cc(Cl)c(O)cc2o1. The predicted molar refractivity (Wildman–Crippen MR) is 102 cm³/mol. The highest BCUT2D eigenvalue weighted by atomic mass is 35.5. The topological polar surface area (TPSA) is 94.0 Å². The average molecular weight is 401 g/mol. The van der Waals surface area contributed by atoms with Crippen molar-refractivity contribution in [3.63, 3.8) is 0 Å². The normalized spacial score (nSPS) is 11.1. The first-order chi connectivity index (χ1) is 13.1.